The minimum Gasteiger partial charge on any atom is -0.478 e. The Morgan fingerprint density at radius 3 is 1.23 bits per heavy atom. The highest BCUT2D eigenvalue weighted by Gasteiger charge is 2.47. The second kappa shape index (κ2) is 47.7. The fourth-order valence-corrected chi connectivity index (χ4v) is 16.3. The molecule has 1 heterocycles. The molecule has 0 spiro atoms. The van der Waals surface area contributed by atoms with Gasteiger partial charge in [-0.05, 0) is 121 Å². The number of rotatable bonds is 15. The smallest absolute Gasteiger partial charge is 0.418 e. The Hall–Kier alpha value is -12.6. The summed E-state index contributed by atoms with van der Waals surface area (Å²) in [6.07, 6.45) is -23.4. The number of carbonyl (C=O) groups is 6. The van der Waals surface area contributed by atoms with Gasteiger partial charge in [-0.15, -0.1) is 0 Å². The number of esters is 4. The summed E-state index contributed by atoms with van der Waals surface area (Å²) in [4.78, 5) is 65.2. The normalized spacial score (nSPS) is 11.9. The van der Waals surface area contributed by atoms with Crippen LogP contribution < -0.4 is 23.8 Å². The Morgan fingerprint density at radius 2 is 0.827 bits per heavy atom. The SMILES string of the molecule is C.C.C.CC(=O)OC(C)=O.COC(=O)CN(c1ccccc1C(F)(F)F)S(=O)(=O)c1ccccc1C(=O)OC.F.Nc1ccccc1C(F)(F)F.O=C(O)c1ccccc1S(=O)(=O)Nc1ccccc1C(F)(F)F.O=C1c2ccccc2S(=O)(=O)N1c1ccccc1C(F)(F)F.O=S(=O)(Cl)c1ccccc1.O=S(=O)(Nc1ccccc1C(F)(F)F)c1ccccc1.[B].[HH]. The van der Waals surface area contributed by atoms with Crippen LogP contribution in [0.25, 0.3) is 0 Å². The zero-order chi connectivity index (χ0) is 92.0. The second-order valence-electron chi connectivity index (χ2n) is 23.5. The summed E-state index contributed by atoms with van der Waals surface area (Å²) < 4.78 is 331. The number of benzene rings is 10. The van der Waals surface area contributed by atoms with Crippen LogP contribution in [0, 0.1) is 0 Å². The molecule has 0 aromatic heterocycles. The molecule has 0 atom stereocenters. The molecule has 0 fully saturated rings. The third-order valence-corrected chi connectivity index (χ3v) is 22.8. The lowest BCUT2D eigenvalue weighted by molar-refractivity contribution is -0.156. The number of carboxylic acids is 1. The summed E-state index contributed by atoms with van der Waals surface area (Å²) >= 11 is 0. The predicted molar refractivity (Wildman–Crippen MR) is 440 cm³/mol. The van der Waals surface area contributed by atoms with E-state index in [4.69, 9.17) is 21.5 Å². The fraction of sp³-hybridized carbons (Fsp3) is 0.165. The number of fused-ring (bicyclic) bond motifs is 1. The maximum atomic E-state index is 13.5. The van der Waals surface area contributed by atoms with Crippen molar-refractivity contribution in [3.05, 3.63) is 299 Å². The Kier molecular flexibility index (Phi) is 42.9. The zero-order valence-corrected chi connectivity index (χ0v) is 68.0. The highest BCUT2D eigenvalue weighted by atomic mass is 35.7. The number of anilines is 5. The second-order valence-corrected chi connectivity index (χ2v) is 33.0. The Labute approximate surface area is 725 Å². The van der Waals surface area contributed by atoms with E-state index in [1.54, 1.807) is 29.0 Å². The molecule has 1 amide bonds. The first-order chi connectivity index (χ1) is 56.5. The number of ether oxygens (including phenoxy) is 3. The number of hydrogen-bond donors (Lipinski definition) is 4. The van der Waals surface area contributed by atoms with Gasteiger partial charge in [0, 0.05) is 40.1 Å². The van der Waals surface area contributed by atoms with Crippen LogP contribution in [0.3, 0.4) is 0 Å². The van der Waals surface area contributed by atoms with Crippen molar-refractivity contribution >= 4 is 132 Å². The van der Waals surface area contributed by atoms with Crippen molar-refractivity contribution < 1.29 is 162 Å². The van der Waals surface area contributed by atoms with Gasteiger partial charge < -0.3 is 25.1 Å². The molecule has 25 nitrogen and oxygen atoms in total. The number of alkyl halides is 15. The highest BCUT2D eigenvalue weighted by molar-refractivity contribution is 8.13. The van der Waals surface area contributed by atoms with Crippen LogP contribution in [0.15, 0.2) is 279 Å². The maximum absolute atomic E-state index is 13.5. The van der Waals surface area contributed by atoms with Crippen molar-refractivity contribution in [3.8, 4) is 0 Å². The van der Waals surface area contributed by atoms with Gasteiger partial charge in [0.2, 0.25) is 0 Å². The number of sulfonamides is 4. The van der Waals surface area contributed by atoms with Gasteiger partial charge in [-0.3, -0.25) is 37.6 Å². The molecule has 689 valence electrons. The first kappa shape index (κ1) is 114. The number of methoxy groups -OCH3 is 2. The zero-order valence-electron chi connectivity index (χ0n) is 63.2. The number of amides is 1. The minimum absolute atomic E-state index is 0. The van der Waals surface area contributed by atoms with Crippen molar-refractivity contribution in [3.63, 3.8) is 0 Å². The lowest BCUT2D eigenvalue weighted by atomic mass is 10.1. The lowest BCUT2D eigenvalue weighted by Gasteiger charge is -2.26. The number of nitrogens with one attached hydrogen (secondary N) is 2. The van der Waals surface area contributed by atoms with E-state index < -0.39 is 194 Å². The lowest BCUT2D eigenvalue weighted by Crippen LogP contribution is -2.38. The Bertz CT molecular complexity index is 6030. The van der Waals surface area contributed by atoms with Crippen LogP contribution >= 0.6 is 10.7 Å². The van der Waals surface area contributed by atoms with Crippen molar-refractivity contribution in [2.45, 2.75) is 91.5 Å². The largest absolute Gasteiger partial charge is 0.478 e. The van der Waals surface area contributed by atoms with Crippen LogP contribution in [-0.4, -0.2) is 112 Å². The number of aromatic carboxylic acids is 1. The Morgan fingerprint density at radius 1 is 0.465 bits per heavy atom. The maximum Gasteiger partial charge on any atom is 0.418 e. The topological polar surface area (TPSA) is 378 Å². The molecule has 0 unspecified atom stereocenters. The van der Waals surface area contributed by atoms with Gasteiger partial charge in [0.25, 0.3) is 55.1 Å². The summed E-state index contributed by atoms with van der Waals surface area (Å²) in [5, 5.41) is 9.01. The average molecular weight is 1930 g/mol. The monoisotopic (exact) mass is 1920 g/mol. The average Bonchev–Trinajstić information content (AvgIpc) is 1.57. The molecule has 0 bridgehead atoms. The number of nitrogens with zero attached hydrogens (tertiary/aromatic N) is 2. The first-order valence-corrected chi connectivity index (χ1v) is 41.3. The van der Waals surface area contributed by atoms with Crippen LogP contribution in [0.4, 0.5) is 99.0 Å². The molecule has 48 heteroatoms. The fourth-order valence-electron chi connectivity index (χ4n) is 9.88. The van der Waals surface area contributed by atoms with E-state index >= 15 is 0 Å². The van der Waals surface area contributed by atoms with Crippen molar-refractivity contribution in [2.75, 3.05) is 44.6 Å². The minimum atomic E-state index is -4.90. The standard InChI is InChI=1S/C18H16F3NO6S.C14H10F3NO4S.C14H8F3NO3S.C13H10F3NO2S.C7H6F3N.C6H5ClO2S.C4H6O3.3CH4.B.FH.H2/c1-27-16(23)11-22(14-9-5-4-8-13(14)18(19,20)21)29(25,26)15-10-6-3-7-12(15)17(24)28-2;15-14(16,17)10-6-2-3-7-11(10)18-23(21,22)12-8-4-1-5-9(12)13(19)20;15-14(16,17)10-6-2-3-7-11(10)18-13(19)9-5-1-4-8-12(9)22(18,20)21;14-13(15,16)11-8-4-5-9-12(11)17-20(18,19)10-6-2-1-3-7-10;8-7(9,10)5-3-1-2-4-6(5)11;7-10(8,9)6-4-2-1-3-5-6;1-3(5)7-4(2)6;;;;;;/h3-10H,11H2,1-2H3;1-8,18H,(H,19,20);1-8H;1-9,17H;1-4H,11H2;1-5H;1-2H3;3*1H4;;2*1H. The number of nitrogen functional groups attached to an aromatic ring is 1. The van der Waals surface area contributed by atoms with Crippen LogP contribution in [0.5, 0.6) is 0 Å². The third-order valence-electron chi connectivity index (χ3n) is 15.1. The van der Waals surface area contributed by atoms with E-state index in [1.165, 1.54) is 147 Å². The van der Waals surface area contributed by atoms with Gasteiger partial charge in [-0.2, -0.15) is 70.2 Å². The highest BCUT2D eigenvalue weighted by Crippen LogP contribution is 2.44. The number of hydrogen-bond acceptors (Lipinski definition) is 20. The summed E-state index contributed by atoms with van der Waals surface area (Å²) in [6.45, 7) is 1.32. The number of para-hydroxylation sites is 5. The van der Waals surface area contributed by atoms with Crippen molar-refractivity contribution in [2.24, 2.45) is 0 Å². The number of carboxylic acid groups (broad SMARTS) is 1. The summed E-state index contributed by atoms with van der Waals surface area (Å²) in [5.41, 5.74) is -4.31. The molecule has 10 aromatic rings. The number of nitrogens with two attached hydrogens (primary N) is 1. The molecular weight excluding hydrogens is 1850 g/mol. The van der Waals surface area contributed by atoms with E-state index in [0.29, 0.717) is 6.07 Å². The summed E-state index contributed by atoms with van der Waals surface area (Å²) in [7, 11) is -14.2. The van der Waals surface area contributed by atoms with Crippen molar-refractivity contribution in [1.82, 2.24) is 0 Å². The van der Waals surface area contributed by atoms with E-state index in [-0.39, 0.29) is 71.4 Å². The van der Waals surface area contributed by atoms with Gasteiger partial charge in [-0.25, -0.2) is 51.7 Å². The van der Waals surface area contributed by atoms with E-state index in [2.05, 4.69) is 14.2 Å². The number of halogens is 17. The summed E-state index contributed by atoms with van der Waals surface area (Å²) in [6, 6.07) is 51.2. The van der Waals surface area contributed by atoms with Gasteiger partial charge in [0.05, 0.1) is 91.3 Å². The molecule has 10 aromatic carbocycles. The quantitative estimate of drug-likeness (QED) is 0.0141. The molecule has 0 saturated carbocycles. The molecule has 11 rings (SSSR count). The molecule has 127 heavy (non-hydrogen) atoms. The van der Waals surface area contributed by atoms with Gasteiger partial charge in [0.1, 0.15) is 21.2 Å². The molecule has 3 radical (unpaired) electrons. The molecular formula is C79H76BClF16N5O20S5. The van der Waals surface area contributed by atoms with Crippen LogP contribution in [0.2, 0.25) is 0 Å². The van der Waals surface area contributed by atoms with E-state index in [0.717, 1.165) is 105 Å². The van der Waals surface area contributed by atoms with Crippen molar-refractivity contribution in [1.29, 1.82) is 0 Å². The van der Waals surface area contributed by atoms with Crippen LogP contribution in [-0.2, 0) is 109 Å². The van der Waals surface area contributed by atoms with E-state index in [1.807, 2.05) is 4.72 Å². The molecule has 1 aliphatic rings. The molecule has 0 saturated heterocycles. The van der Waals surface area contributed by atoms with Crippen LogP contribution in [0.1, 0.15) is 96.4 Å². The Balaban J connectivity index is 0. The summed E-state index contributed by atoms with van der Waals surface area (Å²) in [5.74, 6) is -5.73. The van der Waals surface area contributed by atoms with Gasteiger partial charge in [-0.1, -0.05) is 156 Å². The molecule has 0 aliphatic carbocycles. The van der Waals surface area contributed by atoms with E-state index in [9.17, 15) is 137 Å². The molecule has 1 aliphatic heterocycles. The molecule has 5 N–H and O–H groups in total. The predicted octanol–water partition coefficient (Wildman–Crippen LogP) is 18.5. The number of carbonyl (C=O) groups excluding carboxylic acids is 5. The van der Waals surface area contributed by atoms with Gasteiger partial charge in [0.15, 0.2) is 0 Å². The first-order valence-electron chi connectivity index (χ1n) is 33.1. The third kappa shape index (κ3) is 32.1. The van der Waals surface area contributed by atoms with Gasteiger partial charge >= 0.3 is 60.7 Å².